The van der Waals surface area contributed by atoms with E-state index in [0.29, 0.717) is 5.92 Å². The van der Waals surface area contributed by atoms with E-state index in [4.69, 9.17) is 0 Å². The zero-order valence-corrected chi connectivity index (χ0v) is 12.8. The third-order valence-corrected chi connectivity index (χ3v) is 4.65. The first kappa shape index (κ1) is 14.3. The molecule has 0 radical (unpaired) electrons. The van der Waals surface area contributed by atoms with Gasteiger partial charge in [0.25, 0.3) is 5.56 Å². The highest BCUT2D eigenvalue weighted by Gasteiger charge is 2.30. The zero-order valence-electron chi connectivity index (χ0n) is 12.8. The summed E-state index contributed by atoms with van der Waals surface area (Å²) in [5.41, 5.74) is 0.755. The van der Waals surface area contributed by atoms with E-state index >= 15 is 0 Å². The molecule has 2 atom stereocenters. The molecule has 1 saturated heterocycles. The van der Waals surface area contributed by atoms with E-state index in [1.165, 1.54) is 11.1 Å². The largest absolute Gasteiger partial charge is 0.338 e. The standard InChI is InChI=1S/C16H23N3O2/c1-11-5-3-4-10-18(11)16(21)12(2)19-15(20)9-8-14(17-19)13-6-7-13/h8-9,11-13H,3-7,10H2,1-2H3. The van der Waals surface area contributed by atoms with Crippen molar-refractivity contribution in [3.63, 3.8) is 0 Å². The molecular formula is C16H23N3O2. The molecule has 21 heavy (non-hydrogen) atoms. The predicted octanol–water partition coefficient (Wildman–Crippen LogP) is 2.08. The summed E-state index contributed by atoms with van der Waals surface area (Å²) in [6.45, 7) is 4.66. The van der Waals surface area contributed by atoms with Crippen molar-refractivity contribution in [1.82, 2.24) is 14.7 Å². The van der Waals surface area contributed by atoms with E-state index in [1.807, 2.05) is 4.90 Å². The Labute approximate surface area is 124 Å². The van der Waals surface area contributed by atoms with Crippen molar-refractivity contribution in [1.29, 1.82) is 0 Å². The van der Waals surface area contributed by atoms with E-state index in [2.05, 4.69) is 12.0 Å². The molecule has 0 bridgehead atoms. The Kier molecular flexibility index (Phi) is 3.83. The molecule has 5 heteroatoms. The van der Waals surface area contributed by atoms with Crippen molar-refractivity contribution in [2.24, 2.45) is 0 Å². The molecule has 3 rings (SSSR count). The summed E-state index contributed by atoms with van der Waals surface area (Å²) in [6, 6.07) is 3.09. The van der Waals surface area contributed by atoms with Crippen LogP contribution in [0.15, 0.2) is 16.9 Å². The van der Waals surface area contributed by atoms with Gasteiger partial charge in [-0.25, -0.2) is 4.68 Å². The lowest BCUT2D eigenvalue weighted by Crippen LogP contribution is -2.46. The van der Waals surface area contributed by atoms with E-state index in [9.17, 15) is 9.59 Å². The van der Waals surface area contributed by atoms with Crippen LogP contribution in [0, 0.1) is 0 Å². The van der Waals surface area contributed by atoms with E-state index < -0.39 is 6.04 Å². The molecule has 2 heterocycles. The summed E-state index contributed by atoms with van der Waals surface area (Å²) in [4.78, 5) is 26.6. The van der Waals surface area contributed by atoms with Crippen LogP contribution < -0.4 is 5.56 Å². The van der Waals surface area contributed by atoms with Crippen LogP contribution >= 0.6 is 0 Å². The third-order valence-electron chi connectivity index (χ3n) is 4.65. The minimum Gasteiger partial charge on any atom is -0.338 e. The van der Waals surface area contributed by atoms with Crippen molar-refractivity contribution in [3.8, 4) is 0 Å². The van der Waals surface area contributed by atoms with Crippen molar-refractivity contribution in [2.45, 2.75) is 64.0 Å². The number of hydrogen-bond acceptors (Lipinski definition) is 3. The fourth-order valence-electron chi connectivity index (χ4n) is 3.08. The number of aromatic nitrogens is 2. The number of piperidine rings is 1. The maximum Gasteiger partial charge on any atom is 0.267 e. The van der Waals surface area contributed by atoms with E-state index in [1.54, 1.807) is 19.1 Å². The first-order valence-corrected chi connectivity index (χ1v) is 7.98. The first-order valence-electron chi connectivity index (χ1n) is 7.98. The average molecular weight is 289 g/mol. The van der Waals surface area contributed by atoms with Crippen LogP contribution in [-0.4, -0.2) is 33.2 Å². The molecule has 0 spiro atoms. The second kappa shape index (κ2) is 5.62. The minimum atomic E-state index is -0.517. The number of hydrogen-bond donors (Lipinski definition) is 0. The van der Waals surface area contributed by atoms with Crippen LogP contribution in [0.25, 0.3) is 0 Å². The fourth-order valence-corrected chi connectivity index (χ4v) is 3.08. The van der Waals surface area contributed by atoms with Crippen molar-refractivity contribution in [3.05, 3.63) is 28.2 Å². The first-order chi connectivity index (χ1) is 10.1. The SMILES string of the molecule is CC1CCCCN1C(=O)C(C)n1nc(C2CC2)ccc1=O. The highest BCUT2D eigenvalue weighted by Crippen LogP contribution is 2.38. The summed E-state index contributed by atoms with van der Waals surface area (Å²) in [5, 5.41) is 4.43. The lowest BCUT2D eigenvalue weighted by Gasteiger charge is -2.35. The van der Waals surface area contributed by atoms with Gasteiger partial charge in [0.15, 0.2) is 0 Å². The molecule has 2 fully saturated rings. The summed E-state index contributed by atoms with van der Waals surface area (Å²) in [6.07, 6.45) is 5.54. The van der Waals surface area contributed by atoms with Gasteiger partial charge < -0.3 is 4.90 Å². The minimum absolute atomic E-state index is 0.0183. The lowest BCUT2D eigenvalue weighted by atomic mass is 10.0. The van der Waals surface area contributed by atoms with Crippen molar-refractivity contribution < 1.29 is 4.79 Å². The molecule has 1 aliphatic carbocycles. The Morgan fingerprint density at radius 3 is 2.71 bits per heavy atom. The van der Waals surface area contributed by atoms with Gasteiger partial charge >= 0.3 is 0 Å². The van der Waals surface area contributed by atoms with E-state index in [0.717, 1.165) is 37.9 Å². The molecule has 1 aromatic rings. The third kappa shape index (κ3) is 2.87. The monoisotopic (exact) mass is 289 g/mol. The Hall–Kier alpha value is -1.65. The lowest BCUT2D eigenvalue weighted by molar-refractivity contribution is -0.138. The molecule has 0 aromatic carbocycles. The number of rotatable bonds is 3. The van der Waals surface area contributed by atoms with Gasteiger partial charge in [0.1, 0.15) is 6.04 Å². The molecule has 0 N–H and O–H groups in total. The van der Waals surface area contributed by atoms with Gasteiger partial charge in [0.2, 0.25) is 5.91 Å². The van der Waals surface area contributed by atoms with Crippen molar-refractivity contribution in [2.75, 3.05) is 6.54 Å². The summed E-state index contributed by atoms with van der Waals surface area (Å²) in [5.74, 6) is 0.498. The molecule has 1 aromatic heterocycles. The summed E-state index contributed by atoms with van der Waals surface area (Å²) >= 11 is 0. The second-order valence-electron chi connectivity index (χ2n) is 6.37. The number of nitrogens with zero attached hydrogens (tertiary/aromatic N) is 3. The van der Waals surface area contributed by atoms with Crippen LogP contribution in [0.4, 0.5) is 0 Å². The molecule has 2 aliphatic rings. The molecular weight excluding hydrogens is 266 g/mol. The molecule has 114 valence electrons. The normalized spacial score (nSPS) is 23.9. The Balaban J connectivity index is 1.83. The van der Waals surface area contributed by atoms with Gasteiger partial charge in [-0.15, -0.1) is 0 Å². The summed E-state index contributed by atoms with van der Waals surface area (Å²) < 4.78 is 1.37. The van der Waals surface area contributed by atoms with Gasteiger partial charge in [0, 0.05) is 24.6 Å². The van der Waals surface area contributed by atoms with Gasteiger partial charge in [0.05, 0.1) is 5.69 Å². The predicted molar refractivity (Wildman–Crippen MR) is 80.2 cm³/mol. The Morgan fingerprint density at radius 2 is 2.05 bits per heavy atom. The van der Waals surface area contributed by atoms with Crippen LogP contribution in [0.3, 0.4) is 0 Å². The average Bonchev–Trinajstić information content (AvgIpc) is 3.31. The van der Waals surface area contributed by atoms with E-state index in [-0.39, 0.29) is 17.5 Å². The summed E-state index contributed by atoms with van der Waals surface area (Å²) in [7, 11) is 0. The number of carbonyl (C=O) groups is 1. The number of amides is 1. The maximum atomic E-state index is 12.7. The molecule has 1 amide bonds. The second-order valence-corrected chi connectivity index (χ2v) is 6.37. The van der Waals surface area contributed by atoms with Gasteiger partial charge in [-0.1, -0.05) is 0 Å². The maximum absolute atomic E-state index is 12.7. The topological polar surface area (TPSA) is 55.2 Å². The highest BCUT2D eigenvalue weighted by atomic mass is 16.2. The van der Waals surface area contributed by atoms with Crippen LogP contribution in [-0.2, 0) is 4.79 Å². The van der Waals surface area contributed by atoms with Crippen LogP contribution in [0.2, 0.25) is 0 Å². The van der Waals surface area contributed by atoms with Crippen LogP contribution in [0.1, 0.15) is 63.6 Å². The highest BCUT2D eigenvalue weighted by molar-refractivity contribution is 5.80. The van der Waals surface area contributed by atoms with Crippen LogP contribution in [0.5, 0.6) is 0 Å². The molecule has 5 nitrogen and oxygen atoms in total. The number of carbonyl (C=O) groups excluding carboxylic acids is 1. The number of likely N-dealkylation sites (tertiary alicyclic amines) is 1. The molecule has 1 aliphatic heterocycles. The van der Waals surface area contributed by atoms with Gasteiger partial charge in [-0.3, -0.25) is 9.59 Å². The quantitative estimate of drug-likeness (QED) is 0.856. The Morgan fingerprint density at radius 1 is 1.29 bits per heavy atom. The Bertz CT molecular complexity index is 591. The molecule has 2 unspecified atom stereocenters. The van der Waals surface area contributed by atoms with Gasteiger partial charge in [-0.05, 0) is 52.0 Å². The molecule has 1 saturated carbocycles. The van der Waals surface area contributed by atoms with Crippen molar-refractivity contribution >= 4 is 5.91 Å². The smallest absolute Gasteiger partial charge is 0.267 e. The fraction of sp³-hybridized carbons (Fsp3) is 0.688. The van der Waals surface area contributed by atoms with Gasteiger partial charge in [-0.2, -0.15) is 5.10 Å². The zero-order chi connectivity index (χ0) is 15.0.